The molecule has 0 heterocycles. The molecule has 2 atom stereocenters. The molecule has 1 aliphatic carbocycles. The summed E-state index contributed by atoms with van der Waals surface area (Å²) in [7, 11) is 0. The van der Waals surface area contributed by atoms with Gasteiger partial charge < -0.3 is 5.32 Å². The Morgan fingerprint density at radius 3 is 2.60 bits per heavy atom. The molecule has 0 aromatic rings. The Hall–Kier alpha value is -0.300. The predicted octanol–water partition coefficient (Wildman–Crippen LogP) is 3.76. The van der Waals surface area contributed by atoms with Gasteiger partial charge in [-0.3, -0.25) is 0 Å². The van der Waals surface area contributed by atoms with Gasteiger partial charge in [-0.05, 0) is 44.2 Å². The number of hydrogen-bond donors (Lipinski definition) is 1. The average molecular weight is 209 g/mol. The third-order valence-electron chi connectivity index (χ3n) is 3.71. The largest absolute Gasteiger partial charge is 0.317 e. The molecule has 0 aromatic heterocycles. The second-order valence-electron chi connectivity index (χ2n) is 4.83. The van der Waals surface area contributed by atoms with Crippen LogP contribution in [-0.2, 0) is 0 Å². The quantitative estimate of drug-likeness (QED) is 0.519. The molecule has 1 rings (SSSR count). The lowest BCUT2D eigenvalue weighted by Crippen LogP contribution is -2.27. The lowest BCUT2D eigenvalue weighted by atomic mass is 9.84. The smallest absolute Gasteiger partial charge is 0.00180 e. The molecule has 88 valence electrons. The van der Waals surface area contributed by atoms with Crippen molar-refractivity contribution in [1.82, 2.24) is 5.32 Å². The zero-order valence-corrected chi connectivity index (χ0v) is 10.3. The highest BCUT2D eigenvalue weighted by Gasteiger charge is 2.22. The topological polar surface area (TPSA) is 12.0 Å². The monoisotopic (exact) mass is 209 g/mol. The molecule has 1 nitrogen and oxygen atoms in total. The maximum Gasteiger partial charge on any atom is -0.00180 e. The molecule has 1 heteroatoms. The first kappa shape index (κ1) is 12.8. The summed E-state index contributed by atoms with van der Waals surface area (Å²) in [6.45, 7) is 8.39. The lowest BCUT2D eigenvalue weighted by Gasteiger charge is -2.25. The van der Waals surface area contributed by atoms with Crippen LogP contribution < -0.4 is 5.32 Å². The van der Waals surface area contributed by atoms with Gasteiger partial charge in [0.05, 0.1) is 0 Å². The van der Waals surface area contributed by atoms with E-state index in [1.165, 1.54) is 51.5 Å². The summed E-state index contributed by atoms with van der Waals surface area (Å²) in [5, 5.41) is 3.53. The van der Waals surface area contributed by atoms with E-state index in [4.69, 9.17) is 0 Å². The first-order chi connectivity index (χ1) is 7.38. The second kappa shape index (κ2) is 7.92. The molecule has 1 fully saturated rings. The van der Waals surface area contributed by atoms with E-state index < -0.39 is 0 Å². The van der Waals surface area contributed by atoms with E-state index in [9.17, 15) is 0 Å². The Bertz CT molecular complexity index is 165. The van der Waals surface area contributed by atoms with Gasteiger partial charge in [0.1, 0.15) is 0 Å². The zero-order valence-electron chi connectivity index (χ0n) is 10.3. The molecule has 0 amide bonds. The summed E-state index contributed by atoms with van der Waals surface area (Å²) in [6.07, 6.45) is 11.9. The van der Waals surface area contributed by atoms with Crippen LogP contribution in [0.3, 0.4) is 0 Å². The van der Waals surface area contributed by atoms with Gasteiger partial charge in [0.2, 0.25) is 0 Å². The maximum atomic E-state index is 3.84. The minimum absolute atomic E-state index is 0.924. The lowest BCUT2D eigenvalue weighted by molar-refractivity contribution is 0.286. The van der Waals surface area contributed by atoms with E-state index in [2.05, 4.69) is 24.9 Å². The minimum atomic E-state index is 0.924. The van der Waals surface area contributed by atoms with Crippen LogP contribution in [0.4, 0.5) is 0 Å². The Morgan fingerprint density at radius 1 is 1.20 bits per heavy atom. The van der Waals surface area contributed by atoms with Crippen LogP contribution in [0.5, 0.6) is 0 Å². The van der Waals surface area contributed by atoms with Crippen molar-refractivity contribution >= 4 is 0 Å². The summed E-state index contributed by atoms with van der Waals surface area (Å²) in [4.78, 5) is 0. The van der Waals surface area contributed by atoms with Crippen molar-refractivity contribution in [3.8, 4) is 0 Å². The van der Waals surface area contributed by atoms with Crippen LogP contribution in [-0.4, -0.2) is 13.1 Å². The predicted molar refractivity (Wildman–Crippen MR) is 68.0 cm³/mol. The zero-order chi connectivity index (χ0) is 10.9. The fraction of sp³-hybridized carbons (Fsp3) is 0.857. The molecule has 2 unspecified atom stereocenters. The molecular weight excluding hydrogens is 182 g/mol. The standard InChI is InChI=1S/C14H27N/c1-3-5-9-13-10-7-6-8-11-14(13)12-15-4-2/h3,13-15H,1,4-12H2,2H3. The van der Waals surface area contributed by atoms with Crippen LogP contribution in [0.15, 0.2) is 12.7 Å². The molecule has 0 saturated heterocycles. The second-order valence-corrected chi connectivity index (χ2v) is 4.83. The average Bonchev–Trinajstić information content (AvgIpc) is 2.48. The van der Waals surface area contributed by atoms with E-state index in [1.54, 1.807) is 0 Å². The summed E-state index contributed by atoms with van der Waals surface area (Å²) in [6, 6.07) is 0. The molecule has 0 aliphatic heterocycles. The molecule has 0 bridgehead atoms. The first-order valence-corrected chi connectivity index (χ1v) is 6.70. The van der Waals surface area contributed by atoms with Crippen molar-refractivity contribution in [3.63, 3.8) is 0 Å². The number of rotatable bonds is 6. The van der Waals surface area contributed by atoms with Crippen molar-refractivity contribution < 1.29 is 0 Å². The number of nitrogens with one attached hydrogen (secondary N) is 1. The number of hydrogen-bond acceptors (Lipinski definition) is 1. The van der Waals surface area contributed by atoms with Crippen LogP contribution in [0.1, 0.15) is 51.9 Å². The van der Waals surface area contributed by atoms with Crippen LogP contribution >= 0.6 is 0 Å². The van der Waals surface area contributed by atoms with Gasteiger partial charge in [-0.1, -0.05) is 38.7 Å². The summed E-state index contributed by atoms with van der Waals surface area (Å²) >= 11 is 0. The van der Waals surface area contributed by atoms with Gasteiger partial charge >= 0.3 is 0 Å². The first-order valence-electron chi connectivity index (χ1n) is 6.70. The summed E-state index contributed by atoms with van der Waals surface area (Å²) < 4.78 is 0. The minimum Gasteiger partial charge on any atom is -0.317 e. The van der Waals surface area contributed by atoms with E-state index >= 15 is 0 Å². The van der Waals surface area contributed by atoms with Gasteiger partial charge in [0.15, 0.2) is 0 Å². The Labute approximate surface area is 95.3 Å². The molecule has 0 spiro atoms. The molecule has 1 N–H and O–H groups in total. The van der Waals surface area contributed by atoms with E-state index in [1.807, 2.05) is 0 Å². The van der Waals surface area contributed by atoms with Gasteiger partial charge in [0, 0.05) is 0 Å². The Kier molecular flexibility index (Phi) is 6.74. The fourth-order valence-corrected chi connectivity index (χ4v) is 2.77. The van der Waals surface area contributed by atoms with Crippen molar-refractivity contribution in [2.24, 2.45) is 11.8 Å². The van der Waals surface area contributed by atoms with E-state index in [-0.39, 0.29) is 0 Å². The van der Waals surface area contributed by atoms with Crippen molar-refractivity contribution in [2.45, 2.75) is 51.9 Å². The van der Waals surface area contributed by atoms with Crippen LogP contribution in [0.25, 0.3) is 0 Å². The molecule has 0 aromatic carbocycles. The SMILES string of the molecule is C=CCCC1CCCCCC1CNCC. The van der Waals surface area contributed by atoms with E-state index in [0.717, 1.165) is 18.4 Å². The van der Waals surface area contributed by atoms with Gasteiger partial charge in [0.25, 0.3) is 0 Å². The van der Waals surface area contributed by atoms with Crippen LogP contribution in [0.2, 0.25) is 0 Å². The molecule has 1 aliphatic rings. The molecule has 0 radical (unpaired) electrons. The highest BCUT2D eigenvalue weighted by Crippen LogP contribution is 2.31. The van der Waals surface area contributed by atoms with Crippen LogP contribution in [0, 0.1) is 11.8 Å². The molecule has 1 saturated carbocycles. The molecular formula is C14H27N. The number of allylic oxidation sites excluding steroid dienone is 1. The van der Waals surface area contributed by atoms with Gasteiger partial charge in [-0.15, -0.1) is 6.58 Å². The normalized spacial score (nSPS) is 27.3. The third-order valence-corrected chi connectivity index (χ3v) is 3.71. The van der Waals surface area contributed by atoms with Crippen molar-refractivity contribution in [3.05, 3.63) is 12.7 Å². The Morgan fingerprint density at radius 2 is 1.93 bits per heavy atom. The summed E-state index contributed by atoms with van der Waals surface area (Å²) in [5.74, 6) is 1.87. The highest BCUT2D eigenvalue weighted by atomic mass is 14.8. The van der Waals surface area contributed by atoms with Gasteiger partial charge in [-0.2, -0.15) is 0 Å². The van der Waals surface area contributed by atoms with Gasteiger partial charge in [-0.25, -0.2) is 0 Å². The van der Waals surface area contributed by atoms with Crippen molar-refractivity contribution in [1.29, 1.82) is 0 Å². The fourth-order valence-electron chi connectivity index (χ4n) is 2.77. The highest BCUT2D eigenvalue weighted by molar-refractivity contribution is 4.78. The molecule has 15 heavy (non-hydrogen) atoms. The maximum absolute atomic E-state index is 3.84. The van der Waals surface area contributed by atoms with Crippen molar-refractivity contribution in [2.75, 3.05) is 13.1 Å². The summed E-state index contributed by atoms with van der Waals surface area (Å²) in [5.41, 5.74) is 0. The third kappa shape index (κ3) is 4.83. The Balaban J connectivity index is 2.39. The van der Waals surface area contributed by atoms with E-state index in [0.29, 0.717) is 0 Å².